The molecule has 0 spiro atoms. The first kappa shape index (κ1) is 52.5. The summed E-state index contributed by atoms with van der Waals surface area (Å²) in [5, 5.41) is 0. The lowest BCUT2D eigenvalue weighted by Gasteiger charge is -2.09. The number of esters is 2. The van der Waals surface area contributed by atoms with Crippen LogP contribution in [0.4, 0.5) is 0 Å². The van der Waals surface area contributed by atoms with E-state index in [0.717, 1.165) is 12.8 Å². The van der Waals surface area contributed by atoms with Crippen molar-refractivity contribution in [1.29, 1.82) is 0 Å². The molecule has 0 aliphatic rings. The Morgan fingerprint density at radius 2 is 0.537 bits per heavy atom. The fourth-order valence-electron chi connectivity index (χ4n) is 4.56. The molecule has 0 amide bonds. The summed E-state index contributed by atoms with van der Waals surface area (Å²) in [4.78, 5) is 23.0. The molecule has 0 bridgehead atoms. The van der Waals surface area contributed by atoms with Crippen LogP contribution in [0.25, 0.3) is 0 Å². The fourth-order valence-corrected chi connectivity index (χ4v) is 4.56. The van der Waals surface area contributed by atoms with Crippen molar-refractivity contribution in [2.75, 3.05) is 159 Å². The van der Waals surface area contributed by atoms with Crippen LogP contribution in [-0.4, -0.2) is 171 Å². The predicted octanol–water partition coefficient (Wildman–Crippen LogP) is 4.59. The van der Waals surface area contributed by atoms with Gasteiger partial charge in [-0.05, 0) is 13.3 Å². The molecule has 15 nitrogen and oxygen atoms in total. The number of hydrogen-bond donors (Lipinski definition) is 0. The maximum atomic E-state index is 11.8. The number of rotatable bonds is 47. The molecule has 0 aromatic carbocycles. The fraction of sp³-hybridized carbons (Fsp3) is 0.949. The molecule has 0 fully saturated rings. The Bertz CT molecular complexity index is 747. The first-order valence-corrected chi connectivity index (χ1v) is 20.4. The average Bonchev–Trinajstić information content (AvgIpc) is 3.17. The van der Waals surface area contributed by atoms with E-state index in [1.165, 1.54) is 44.9 Å². The smallest absolute Gasteiger partial charge is 0.308 e. The number of hydrogen-bond acceptors (Lipinski definition) is 15. The summed E-state index contributed by atoms with van der Waals surface area (Å²) in [7, 11) is 0. The Kier molecular flexibility index (Phi) is 46.3. The number of carbonyl (C=O) groups is 2. The van der Waals surface area contributed by atoms with Crippen LogP contribution >= 0.6 is 0 Å². The lowest BCUT2D eigenvalue weighted by atomic mass is 10.1. The van der Waals surface area contributed by atoms with Gasteiger partial charge in [-0.2, -0.15) is 0 Å². The minimum absolute atomic E-state index is 0.140. The molecule has 15 heteroatoms. The van der Waals surface area contributed by atoms with E-state index >= 15 is 0 Å². The summed E-state index contributed by atoms with van der Waals surface area (Å²) >= 11 is 0. The molecule has 0 aliphatic carbocycles. The number of unbranched alkanes of at least 4 members (excludes halogenated alkanes) is 8. The molecule has 0 aliphatic heterocycles. The molecule has 0 aromatic rings. The lowest BCUT2D eigenvalue weighted by molar-refractivity contribution is -0.146. The molecule has 0 N–H and O–H groups in total. The van der Waals surface area contributed by atoms with Crippen molar-refractivity contribution in [2.45, 2.75) is 84.5 Å². The molecule has 0 saturated heterocycles. The van der Waals surface area contributed by atoms with Crippen LogP contribution in [0.15, 0.2) is 0 Å². The van der Waals surface area contributed by atoms with Gasteiger partial charge in [-0.15, -0.1) is 0 Å². The summed E-state index contributed by atoms with van der Waals surface area (Å²) in [5.41, 5.74) is 0. The second-order valence-electron chi connectivity index (χ2n) is 12.1. The molecule has 0 rings (SSSR count). The van der Waals surface area contributed by atoms with Gasteiger partial charge < -0.3 is 61.6 Å². The van der Waals surface area contributed by atoms with Crippen LogP contribution in [-0.2, 0) is 71.2 Å². The van der Waals surface area contributed by atoms with E-state index in [-0.39, 0.29) is 25.0 Å². The van der Waals surface area contributed by atoms with E-state index in [4.69, 9.17) is 61.6 Å². The summed E-state index contributed by atoms with van der Waals surface area (Å²) in [6.07, 6.45) is 11.8. The molecule has 322 valence electrons. The monoisotopic (exact) mass is 785 g/mol. The van der Waals surface area contributed by atoms with E-state index in [0.29, 0.717) is 158 Å². The van der Waals surface area contributed by atoms with Crippen molar-refractivity contribution in [3.63, 3.8) is 0 Å². The van der Waals surface area contributed by atoms with Crippen molar-refractivity contribution in [1.82, 2.24) is 0 Å². The molecular weight excluding hydrogens is 708 g/mol. The van der Waals surface area contributed by atoms with Crippen LogP contribution in [0.2, 0.25) is 0 Å². The predicted molar refractivity (Wildman–Crippen MR) is 203 cm³/mol. The molecule has 0 saturated carbocycles. The Morgan fingerprint density at radius 1 is 0.278 bits per heavy atom. The van der Waals surface area contributed by atoms with Gasteiger partial charge in [0, 0.05) is 6.42 Å². The van der Waals surface area contributed by atoms with E-state index in [1.54, 1.807) is 6.92 Å². The average molecular weight is 785 g/mol. The largest absolute Gasteiger partial charge is 0.466 e. The molecule has 0 unspecified atom stereocenters. The van der Waals surface area contributed by atoms with Crippen molar-refractivity contribution < 1.29 is 71.2 Å². The van der Waals surface area contributed by atoms with Crippen molar-refractivity contribution in [2.24, 2.45) is 0 Å². The number of ether oxygens (including phenoxy) is 13. The lowest BCUT2D eigenvalue weighted by Crippen LogP contribution is -2.15. The Hall–Kier alpha value is -1.50. The first-order valence-electron chi connectivity index (χ1n) is 20.4. The minimum Gasteiger partial charge on any atom is -0.466 e. The Balaban J connectivity index is 3.12. The third-order valence-electron chi connectivity index (χ3n) is 7.45. The van der Waals surface area contributed by atoms with Crippen molar-refractivity contribution >= 4 is 11.9 Å². The standard InChI is InChI=1S/C39H76O15/c1-3-5-6-7-8-9-10-11-12-13-38(40)54-37-36-52-35-34-51-33-32-50-31-30-49-29-28-48-27-26-47-25-24-46-23-22-45-21-20-44-19-18-43-17-16-42-15-14-39(41)53-4-2/h3-37H2,1-2H3. The van der Waals surface area contributed by atoms with Gasteiger partial charge in [0.05, 0.1) is 158 Å². The summed E-state index contributed by atoms with van der Waals surface area (Å²) in [5.74, 6) is -0.394. The van der Waals surface area contributed by atoms with E-state index in [2.05, 4.69) is 6.92 Å². The highest BCUT2D eigenvalue weighted by Gasteiger charge is 2.03. The van der Waals surface area contributed by atoms with Crippen molar-refractivity contribution in [3.05, 3.63) is 0 Å². The minimum atomic E-state index is -0.253. The summed E-state index contributed by atoms with van der Waals surface area (Å²) in [6, 6.07) is 0. The van der Waals surface area contributed by atoms with Gasteiger partial charge in [-0.3, -0.25) is 9.59 Å². The maximum absolute atomic E-state index is 11.8. The summed E-state index contributed by atoms with van der Waals surface area (Å²) in [6.45, 7) is 14.9. The SMILES string of the molecule is CCCCCCCCCCCC(=O)OCCOCCOCCOCCOCCOCCOCCOCCOCCOCCOCCOCCC(=O)OCC. The molecule has 0 aromatic heterocycles. The normalized spacial score (nSPS) is 11.4. The summed E-state index contributed by atoms with van der Waals surface area (Å²) < 4.78 is 70.0. The van der Waals surface area contributed by atoms with Gasteiger partial charge in [0.1, 0.15) is 6.61 Å². The highest BCUT2D eigenvalue weighted by Crippen LogP contribution is 2.10. The molecule has 54 heavy (non-hydrogen) atoms. The van der Waals surface area contributed by atoms with Gasteiger partial charge >= 0.3 is 11.9 Å². The van der Waals surface area contributed by atoms with Gasteiger partial charge in [-0.25, -0.2) is 0 Å². The van der Waals surface area contributed by atoms with Gasteiger partial charge in [0.2, 0.25) is 0 Å². The van der Waals surface area contributed by atoms with Crippen LogP contribution in [0.3, 0.4) is 0 Å². The van der Waals surface area contributed by atoms with E-state index < -0.39 is 0 Å². The Labute approximate surface area is 325 Å². The van der Waals surface area contributed by atoms with Gasteiger partial charge in [0.25, 0.3) is 0 Å². The first-order chi connectivity index (χ1) is 26.7. The molecule has 0 heterocycles. The van der Waals surface area contributed by atoms with Gasteiger partial charge in [0.15, 0.2) is 0 Å². The second-order valence-corrected chi connectivity index (χ2v) is 12.1. The highest BCUT2D eigenvalue weighted by atomic mass is 16.6. The zero-order valence-corrected chi connectivity index (χ0v) is 33.9. The Morgan fingerprint density at radius 3 is 0.852 bits per heavy atom. The van der Waals surface area contributed by atoms with E-state index in [9.17, 15) is 9.59 Å². The zero-order valence-electron chi connectivity index (χ0n) is 33.9. The van der Waals surface area contributed by atoms with Crippen LogP contribution in [0.5, 0.6) is 0 Å². The van der Waals surface area contributed by atoms with Crippen LogP contribution < -0.4 is 0 Å². The second kappa shape index (κ2) is 47.7. The third kappa shape index (κ3) is 46.7. The highest BCUT2D eigenvalue weighted by molar-refractivity contribution is 5.69. The van der Waals surface area contributed by atoms with E-state index in [1.807, 2.05) is 0 Å². The number of carbonyl (C=O) groups excluding carboxylic acids is 2. The molecule has 0 atom stereocenters. The van der Waals surface area contributed by atoms with Gasteiger partial charge in [-0.1, -0.05) is 58.3 Å². The van der Waals surface area contributed by atoms with Crippen LogP contribution in [0.1, 0.15) is 84.5 Å². The topological polar surface area (TPSA) is 154 Å². The van der Waals surface area contributed by atoms with Crippen molar-refractivity contribution in [3.8, 4) is 0 Å². The molecular formula is C39H76O15. The zero-order chi connectivity index (χ0) is 39.1. The maximum Gasteiger partial charge on any atom is 0.308 e. The third-order valence-corrected chi connectivity index (χ3v) is 7.45. The quantitative estimate of drug-likeness (QED) is 0.0624. The molecule has 0 radical (unpaired) electrons. The van der Waals surface area contributed by atoms with Crippen LogP contribution in [0, 0.1) is 0 Å².